The average molecular weight is 344 g/mol. The molecule has 0 aliphatic heterocycles. The molecule has 0 bridgehead atoms. The summed E-state index contributed by atoms with van der Waals surface area (Å²) in [5.74, 6) is -1.48. The molecule has 0 saturated heterocycles. The van der Waals surface area contributed by atoms with Crippen molar-refractivity contribution in [3.05, 3.63) is 102 Å². The summed E-state index contributed by atoms with van der Waals surface area (Å²) in [5.41, 5.74) is 2.98. The lowest BCUT2D eigenvalue weighted by Gasteiger charge is -2.11. The average Bonchev–Trinajstić information content (AvgIpc) is 2.72. The van der Waals surface area contributed by atoms with Gasteiger partial charge in [0, 0.05) is 0 Å². The van der Waals surface area contributed by atoms with Gasteiger partial charge in [0.05, 0.1) is 11.1 Å². The van der Waals surface area contributed by atoms with Crippen molar-refractivity contribution >= 4 is 18.0 Å². The normalized spacial score (nSPS) is 10.0. The molecule has 0 amide bonds. The molecule has 0 N–H and O–H groups in total. The first-order valence-corrected chi connectivity index (χ1v) is 8.00. The first-order chi connectivity index (χ1) is 12.7. The van der Waals surface area contributed by atoms with Gasteiger partial charge < -0.3 is 0 Å². The minimum atomic E-state index is -0.747. The summed E-state index contributed by atoms with van der Waals surface area (Å²) in [4.78, 5) is 33.8. The molecule has 0 aliphatic carbocycles. The summed E-state index contributed by atoms with van der Waals surface area (Å²) in [6.07, 6.45) is 1.72. The smallest absolute Gasteiger partial charge is 0.242 e. The zero-order valence-corrected chi connectivity index (χ0v) is 13.9. The van der Waals surface area contributed by atoms with Gasteiger partial charge in [-0.25, -0.2) is 19.4 Å². The van der Waals surface area contributed by atoms with Crippen LogP contribution in [0.15, 0.2) is 85.4 Å². The summed E-state index contributed by atoms with van der Waals surface area (Å²) in [6.45, 7) is 3.80. The molecular formula is C22H16O4. The van der Waals surface area contributed by atoms with E-state index in [4.69, 9.17) is 4.89 Å². The molecule has 3 rings (SSSR count). The highest BCUT2D eigenvalue weighted by molar-refractivity contribution is 5.99. The molecule has 0 aliphatic rings. The first kappa shape index (κ1) is 17.2. The van der Waals surface area contributed by atoms with Gasteiger partial charge in [0.25, 0.3) is 0 Å². The Bertz CT molecular complexity index is 945. The zero-order valence-electron chi connectivity index (χ0n) is 13.9. The van der Waals surface area contributed by atoms with Crippen LogP contribution < -0.4 is 0 Å². The quantitative estimate of drug-likeness (QED) is 0.498. The van der Waals surface area contributed by atoms with Crippen LogP contribution in [0.3, 0.4) is 0 Å². The highest BCUT2D eigenvalue weighted by atomic mass is 17.2. The second-order valence-electron chi connectivity index (χ2n) is 5.44. The molecule has 3 aromatic rings. The standard InChI is InChI=1S/C22H16O4/c1-2-16-10-6-7-13-18(16)19-14-8-9-15-20(19)22(24)26-25-21(23)17-11-4-3-5-12-17/h2-15H,1H2. The summed E-state index contributed by atoms with van der Waals surface area (Å²) in [7, 11) is 0. The Labute approximate surface area is 151 Å². The van der Waals surface area contributed by atoms with E-state index in [1.165, 1.54) is 0 Å². The third kappa shape index (κ3) is 3.70. The molecule has 0 atom stereocenters. The second kappa shape index (κ2) is 7.94. The van der Waals surface area contributed by atoms with Gasteiger partial charge in [-0.05, 0) is 34.9 Å². The molecule has 26 heavy (non-hydrogen) atoms. The molecule has 0 spiro atoms. The van der Waals surface area contributed by atoms with Crippen LogP contribution in [0.5, 0.6) is 0 Å². The zero-order chi connectivity index (χ0) is 18.4. The van der Waals surface area contributed by atoms with E-state index in [9.17, 15) is 9.59 Å². The van der Waals surface area contributed by atoms with Crippen molar-refractivity contribution in [3.63, 3.8) is 0 Å². The summed E-state index contributed by atoms with van der Waals surface area (Å²) in [5, 5.41) is 0. The molecule has 0 radical (unpaired) electrons. The Kier molecular flexibility index (Phi) is 5.25. The largest absolute Gasteiger partial charge is 0.386 e. The van der Waals surface area contributed by atoms with Crippen LogP contribution in [-0.4, -0.2) is 11.9 Å². The van der Waals surface area contributed by atoms with Crippen molar-refractivity contribution in [2.24, 2.45) is 0 Å². The van der Waals surface area contributed by atoms with Crippen molar-refractivity contribution in [1.29, 1.82) is 0 Å². The number of carbonyl (C=O) groups excluding carboxylic acids is 2. The van der Waals surface area contributed by atoms with Gasteiger partial charge in [-0.15, -0.1) is 0 Å². The van der Waals surface area contributed by atoms with Crippen molar-refractivity contribution < 1.29 is 19.4 Å². The lowest BCUT2D eigenvalue weighted by molar-refractivity contribution is -0.187. The number of benzene rings is 3. The molecule has 4 heteroatoms. The van der Waals surface area contributed by atoms with Gasteiger partial charge in [0.2, 0.25) is 0 Å². The van der Waals surface area contributed by atoms with E-state index in [1.54, 1.807) is 54.6 Å². The van der Waals surface area contributed by atoms with E-state index < -0.39 is 11.9 Å². The Morgan fingerprint density at radius 1 is 0.692 bits per heavy atom. The molecule has 0 fully saturated rings. The van der Waals surface area contributed by atoms with E-state index in [0.717, 1.165) is 11.1 Å². The van der Waals surface area contributed by atoms with Crippen LogP contribution in [0, 0.1) is 0 Å². The molecule has 0 aromatic heterocycles. The first-order valence-electron chi connectivity index (χ1n) is 8.00. The fourth-order valence-electron chi connectivity index (χ4n) is 2.56. The second-order valence-corrected chi connectivity index (χ2v) is 5.44. The molecular weight excluding hydrogens is 328 g/mol. The number of hydrogen-bond donors (Lipinski definition) is 0. The Morgan fingerprint density at radius 2 is 1.27 bits per heavy atom. The maximum Gasteiger partial charge on any atom is 0.386 e. The lowest BCUT2D eigenvalue weighted by Crippen LogP contribution is -2.12. The van der Waals surface area contributed by atoms with Gasteiger partial charge in [-0.3, -0.25) is 0 Å². The summed E-state index contributed by atoms with van der Waals surface area (Å²) in [6, 6.07) is 22.8. The number of carbonyl (C=O) groups is 2. The van der Waals surface area contributed by atoms with Gasteiger partial charge in [-0.1, -0.05) is 73.3 Å². The topological polar surface area (TPSA) is 52.6 Å². The van der Waals surface area contributed by atoms with E-state index in [2.05, 4.69) is 11.5 Å². The van der Waals surface area contributed by atoms with E-state index in [1.807, 2.05) is 30.3 Å². The Hall–Kier alpha value is -3.66. The van der Waals surface area contributed by atoms with E-state index in [-0.39, 0.29) is 0 Å². The predicted molar refractivity (Wildman–Crippen MR) is 99.2 cm³/mol. The lowest BCUT2D eigenvalue weighted by atomic mass is 9.95. The monoisotopic (exact) mass is 344 g/mol. The summed E-state index contributed by atoms with van der Waals surface area (Å²) < 4.78 is 0. The number of hydrogen-bond acceptors (Lipinski definition) is 4. The fraction of sp³-hybridized carbons (Fsp3) is 0. The third-order valence-corrected chi connectivity index (χ3v) is 3.82. The molecule has 128 valence electrons. The van der Waals surface area contributed by atoms with Gasteiger partial charge in [-0.2, -0.15) is 0 Å². The van der Waals surface area contributed by atoms with Gasteiger partial charge in [0.1, 0.15) is 0 Å². The minimum Gasteiger partial charge on any atom is -0.242 e. The summed E-state index contributed by atoms with van der Waals surface area (Å²) >= 11 is 0. The van der Waals surface area contributed by atoms with Crippen LogP contribution in [0.25, 0.3) is 17.2 Å². The van der Waals surface area contributed by atoms with Crippen LogP contribution in [-0.2, 0) is 9.78 Å². The van der Waals surface area contributed by atoms with E-state index in [0.29, 0.717) is 16.7 Å². The van der Waals surface area contributed by atoms with Crippen LogP contribution in [0.4, 0.5) is 0 Å². The van der Waals surface area contributed by atoms with Crippen LogP contribution >= 0.6 is 0 Å². The maximum atomic E-state index is 12.4. The van der Waals surface area contributed by atoms with Crippen LogP contribution in [0.1, 0.15) is 26.3 Å². The number of rotatable bonds is 4. The Balaban J connectivity index is 1.83. The maximum absolute atomic E-state index is 12.4. The van der Waals surface area contributed by atoms with Crippen molar-refractivity contribution in [3.8, 4) is 11.1 Å². The van der Waals surface area contributed by atoms with Crippen molar-refractivity contribution in [2.45, 2.75) is 0 Å². The Morgan fingerprint density at radius 3 is 2.00 bits per heavy atom. The molecule has 0 saturated carbocycles. The third-order valence-electron chi connectivity index (χ3n) is 3.82. The predicted octanol–water partition coefficient (Wildman–Crippen LogP) is 4.93. The SMILES string of the molecule is C=Cc1ccccc1-c1ccccc1C(=O)OOC(=O)c1ccccc1. The molecule has 3 aromatic carbocycles. The van der Waals surface area contributed by atoms with E-state index >= 15 is 0 Å². The fourth-order valence-corrected chi connectivity index (χ4v) is 2.56. The minimum absolute atomic E-state index is 0.294. The van der Waals surface area contributed by atoms with Gasteiger partial charge in [0.15, 0.2) is 0 Å². The molecule has 0 unspecified atom stereocenters. The highest BCUT2D eigenvalue weighted by Gasteiger charge is 2.18. The van der Waals surface area contributed by atoms with Crippen molar-refractivity contribution in [1.82, 2.24) is 0 Å². The van der Waals surface area contributed by atoms with Gasteiger partial charge >= 0.3 is 11.9 Å². The molecule has 4 nitrogen and oxygen atoms in total. The molecule has 0 heterocycles. The van der Waals surface area contributed by atoms with Crippen LogP contribution in [0.2, 0.25) is 0 Å². The highest BCUT2D eigenvalue weighted by Crippen LogP contribution is 2.28. The van der Waals surface area contributed by atoms with Crippen molar-refractivity contribution in [2.75, 3.05) is 0 Å².